The van der Waals surface area contributed by atoms with Gasteiger partial charge in [0.15, 0.2) is 0 Å². The standard InChI is InChI=1S/C30H40N2O3Si/c1-30(2,3)35-29(34)32-20-19-27(26(28(32)33)18-13-21-36(4,5)6)31(22-24-14-9-7-10-15-24)23-25-16-11-8-12-17-25/h7-12,14-17,26-27H,18-20,22-23H2,1-6H3/t26-,27+/m1/s1. The minimum absolute atomic E-state index is 0.0347. The fourth-order valence-electron chi connectivity index (χ4n) is 4.45. The van der Waals surface area contributed by atoms with Crippen LogP contribution in [0.5, 0.6) is 0 Å². The molecule has 1 saturated heterocycles. The summed E-state index contributed by atoms with van der Waals surface area (Å²) >= 11 is 0. The number of nitrogens with zero attached hydrogens (tertiary/aromatic N) is 2. The number of piperidine rings is 1. The number of carbonyl (C=O) groups is 2. The summed E-state index contributed by atoms with van der Waals surface area (Å²) in [4.78, 5) is 30.4. The van der Waals surface area contributed by atoms with Gasteiger partial charge < -0.3 is 4.74 Å². The number of amides is 2. The minimum atomic E-state index is -1.60. The van der Waals surface area contributed by atoms with Gasteiger partial charge in [0.1, 0.15) is 13.7 Å². The van der Waals surface area contributed by atoms with Crippen LogP contribution >= 0.6 is 0 Å². The van der Waals surface area contributed by atoms with Gasteiger partial charge in [-0.3, -0.25) is 9.69 Å². The van der Waals surface area contributed by atoms with Crippen molar-refractivity contribution in [3.8, 4) is 11.5 Å². The molecular weight excluding hydrogens is 464 g/mol. The average Bonchev–Trinajstić information content (AvgIpc) is 2.79. The van der Waals surface area contributed by atoms with Gasteiger partial charge >= 0.3 is 6.09 Å². The summed E-state index contributed by atoms with van der Waals surface area (Å²) in [5.41, 5.74) is 5.15. The van der Waals surface area contributed by atoms with Crippen molar-refractivity contribution in [1.82, 2.24) is 9.80 Å². The van der Waals surface area contributed by atoms with E-state index in [-0.39, 0.29) is 11.9 Å². The molecule has 1 heterocycles. The van der Waals surface area contributed by atoms with Crippen LogP contribution in [0.1, 0.15) is 44.7 Å². The quantitative estimate of drug-likeness (QED) is 0.352. The molecule has 0 bridgehead atoms. The third kappa shape index (κ3) is 8.36. The highest BCUT2D eigenvalue weighted by atomic mass is 28.3. The molecule has 1 aliphatic rings. The zero-order valence-corrected chi connectivity index (χ0v) is 23.6. The summed E-state index contributed by atoms with van der Waals surface area (Å²) in [6, 6.07) is 20.7. The highest BCUT2D eigenvalue weighted by Gasteiger charge is 2.42. The fraction of sp³-hybridized carbons (Fsp3) is 0.467. The molecule has 3 rings (SSSR count). The zero-order chi connectivity index (χ0) is 26.3. The highest BCUT2D eigenvalue weighted by molar-refractivity contribution is 6.83. The van der Waals surface area contributed by atoms with Crippen molar-refractivity contribution in [2.75, 3.05) is 6.54 Å². The number of hydrogen-bond acceptors (Lipinski definition) is 4. The predicted molar refractivity (Wildman–Crippen MR) is 148 cm³/mol. The van der Waals surface area contributed by atoms with Gasteiger partial charge in [0.2, 0.25) is 5.91 Å². The fourth-order valence-corrected chi connectivity index (χ4v) is 5.08. The molecule has 192 valence electrons. The van der Waals surface area contributed by atoms with Crippen molar-refractivity contribution < 1.29 is 14.3 Å². The number of imide groups is 1. The Morgan fingerprint density at radius 2 is 1.53 bits per heavy atom. The maximum Gasteiger partial charge on any atom is 0.417 e. The number of benzene rings is 2. The number of likely N-dealkylation sites (tertiary alicyclic amines) is 1. The second kappa shape index (κ2) is 11.9. The molecule has 2 aromatic carbocycles. The van der Waals surface area contributed by atoms with E-state index in [1.165, 1.54) is 16.0 Å². The molecule has 0 unspecified atom stereocenters. The lowest BCUT2D eigenvalue weighted by Crippen LogP contribution is -2.56. The Kier molecular flexibility index (Phi) is 9.16. The summed E-state index contributed by atoms with van der Waals surface area (Å²) in [6.07, 6.45) is 0.559. The molecule has 0 radical (unpaired) electrons. The van der Waals surface area contributed by atoms with Gasteiger partial charge in [0.25, 0.3) is 0 Å². The van der Waals surface area contributed by atoms with E-state index in [0.717, 1.165) is 13.1 Å². The van der Waals surface area contributed by atoms with E-state index in [4.69, 9.17) is 4.74 Å². The number of carbonyl (C=O) groups excluding carboxylic acids is 2. The summed E-state index contributed by atoms with van der Waals surface area (Å²) in [5, 5.41) is 0. The molecule has 0 aliphatic carbocycles. The second-order valence-electron chi connectivity index (χ2n) is 11.6. The van der Waals surface area contributed by atoms with Crippen LogP contribution in [0.3, 0.4) is 0 Å². The number of hydrogen-bond donors (Lipinski definition) is 0. The molecule has 2 amide bonds. The Bertz CT molecular complexity index is 1040. The van der Waals surface area contributed by atoms with Gasteiger partial charge in [0.05, 0.1) is 5.92 Å². The minimum Gasteiger partial charge on any atom is -0.443 e. The lowest BCUT2D eigenvalue weighted by atomic mass is 9.87. The Morgan fingerprint density at radius 3 is 2.00 bits per heavy atom. The van der Waals surface area contributed by atoms with Crippen molar-refractivity contribution >= 4 is 20.1 Å². The molecule has 5 nitrogen and oxygen atoms in total. The van der Waals surface area contributed by atoms with E-state index >= 15 is 0 Å². The van der Waals surface area contributed by atoms with Crippen molar-refractivity contribution in [3.63, 3.8) is 0 Å². The lowest BCUT2D eigenvalue weighted by Gasteiger charge is -2.42. The van der Waals surface area contributed by atoms with Crippen LogP contribution in [-0.4, -0.2) is 48.1 Å². The number of rotatable bonds is 6. The zero-order valence-electron chi connectivity index (χ0n) is 22.6. The molecule has 36 heavy (non-hydrogen) atoms. The number of ether oxygens (including phenoxy) is 1. The van der Waals surface area contributed by atoms with Crippen LogP contribution in [0.15, 0.2) is 60.7 Å². The van der Waals surface area contributed by atoms with Gasteiger partial charge in [-0.25, -0.2) is 9.69 Å². The average molecular weight is 505 g/mol. The highest BCUT2D eigenvalue weighted by Crippen LogP contribution is 2.30. The first-order chi connectivity index (χ1) is 16.9. The lowest BCUT2D eigenvalue weighted by molar-refractivity contribution is -0.141. The Labute approximate surface area is 217 Å². The van der Waals surface area contributed by atoms with Crippen LogP contribution in [0.2, 0.25) is 19.6 Å². The maximum atomic E-state index is 13.8. The Hall–Kier alpha value is -2.88. The van der Waals surface area contributed by atoms with Crippen LogP contribution < -0.4 is 0 Å². The van der Waals surface area contributed by atoms with E-state index in [2.05, 4.69) is 60.3 Å². The van der Waals surface area contributed by atoms with Gasteiger partial charge in [-0.2, -0.15) is 0 Å². The topological polar surface area (TPSA) is 49.9 Å². The van der Waals surface area contributed by atoms with Gasteiger partial charge in [0, 0.05) is 32.1 Å². The van der Waals surface area contributed by atoms with E-state index in [1.54, 1.807) is 0 Å². The van der Waals surface area contributed by atoms with Gasteiger partial charge in [-0.15, -0.1) is 11.5 Å². The van der Waals surface area contributed by atoms with Crippen LogP contribution in [0.4, 0.5) is 4.79 Å². The van der Waals surface area contributed by atoms with Crippen LogP contribution in [0, 0.1) is 17.4 Å². The van der Waals surface area contributed by atoms with Gasteiger partial charge in [-0.05, 0) is 38.3 Å². The normalized spacial score (nSPS) is 18.5. The molecule has 0 saturated carbocycles. The first-order valence-electron chi connectivity index (χ1n) is 12.8. The van der Waals surface area contributed by atoms with Crippen LogP contribution in [-0.2, 0) is 22.6 Å². The molecule has 1 aliphatic heterocycles. The smallest absolute Gasteiger partial charge is 0.417 e. The summed E-state index contributed by atoms with van der Waals surface area (Å²) in [7, 11) is -1.60. The molecule has 6 heteroatoms. The van der Waals surface area contributed by atoms with Crippen molar-refractivity contribution in [2.24, 2.45) is 5.92 Å². The Morgan fingerprint density at radius 1 is 1.00 bits per heavy atom. The largest absolute Gasteiger partial charge is 0.443 e. The molecule has 2 aromatic rings. The monoisotopic (exact) mass is 504 g/mol. The summed E-state index contributed by atoms with van der Waals surface area (Å²) in [5.74, 6) is 2.75. The van der Waals surface area contributed by atoms with E-state index in [9.17, 15) is 9.59 Å². The molecule has 2 atom stereocenters. The van der Waals surface area contributed by atoms with Crippen molar-refractivity contribution in [1.29, 1.82) is 0 Å². The van der Waals surface area contributed by atoms with E-state index < -0.39 is 25.7 Å². The van der Waals surface area contributed by atoms with Crippen molar-refractivity contribution in [2.45, 2.75) is 78.0 Å². The second-order valence-corrected chi connectivity index (χ2v) is 16.3. The molecule has 0 spiro atoms. The SMILES string of the molecule is CC(C)(C)OC(=O)N1CC[C@H](N(Cc2ccccc2)Cc2ccccc2)[C@@H](CC#C[Si](C)(C)C)C1=O. The third-order valence-corrected chi connectivity index (χ3v) is 6.95. The molecular formula is C30H40N2O3Si. The van der Waals surface area contributed by atoms with Crippen molar-refractivity contribution in [3.05, 3.63) is 71.8 Å². The molecule has 1 fully saturated rings. The van der Waals surface area contributed by atoms with E-state index in [0.29, 0.717) is 19.4 Å². The summed E-state index contributed by atoms with van der Waals surface area (Å²) < 4.78 is 5.57. The Balaban J connectivity index is 1.93. The first-order valence-corrected chi connectivity index (χ1v) is 16.3. The van der Waals surface area contributed by atoms with Gasteiger partial charge in [-0.1, -0.05) is 80.3 Å². The molecule has 0 aromatic heterocycles. The van der Waals surface area contributed by atoms with E-state index in [1.807, 2.05) is 57.2 Å². The first kappa shape index (κ1) is 27.7. The predicted octanol–water partition coefficient (Wildman–Crippen LogP) is 6.11. The molecule has 0 N–H and O–H groups in total. The summed E-state index contributed by atoms with van der Waals surface area (Å²) in [6.45, 7) is 13.8. The maximum absolute atomic E-state index is 13.8. The van der Waals surface area contributed by atoms with Crippen LogP contribution in [0.25, 0.3) is 0 Å². The third-order valence-electron chi connectivity index (χ3n) is 6.02.